The Morgan fingerprint density at radius 1 is 1.14 bits per heavy atom. The monoisotopic (exact) mass is 304 g/mol. The minimum absolute atomic E-state index is 0.126. The minimum Gasteiger partial charge on any atom is -0.369 e. The highest BCUT2D eigenvalue weighted by Crippen LogP contribution is 2.22. The van der Waals surface area contributed by atoms with Gasteiger partial charge in [-0.2, -0.15) is 0 Å². The first-order valence-corrected chi connectivity index (χ1v) is 7.53. The first-order valence-electron chi connectivity index (χ1n) is 7.53. The van der Waals surface area contributed by atoms with Crippen LogP contribution in [0.15, 0.2) is 24.3 Å². The van der Waals surface area contributed by atoms with Crippen LogP contribution in [-0.2, 0) is 4.79 Å². The number of rotatable bonds is 3. The number of benzene rings is 1. The number of carbonyl (C=O) groups excluding carboxylic acids is 1. The molecule has 1 aromatic carbocycles. The van der Waals surface area contributed by atoms with Crippen LogP contribution in [0.4, 0.5) is 11.4 Å². The molecule has 3 rings (SSSR count). The van der Waals surface area contributed by atoms with E-state index in [2.05, 4.69) is 9.80 Å². The zero-order valence-corrected chi connectivity index (χ0v) is 12.6. The first-order chi connectivity index (χ1) is 10.5. The van der Waals surface area contributed by atoms with Crippen molar-refractivity contribution in [2.24, 2.45) is 0 Å². The van der Waals surface area contributed by atoms with Crippen molar-refractivity contribution in [2.45, 2.75) is 13.0 Å². The third-order valence-electron chi connectivity index (χ3n) is 4.56. The zero-order valence-electron chi connectivity index (χ0n) is 12.6. The topological polar surface area (TPSA) is 69.9 Å². The van der Waals surface area contributed by atoms with Crippen LogP contribution in [0, 0.1) is 10.1 Å². The Morgan fingerprint density at radius 2 is 1.73 bits per heavy atom. The summed E-state index contributed by atoms with van der Waals surface area (Å²) in [4.78, 5) is 28.1. The molecule has 2 saturated heterocycles. The third kappa shape index (κ3) is 2.89. The summed E-state index contributed by atoms with van der Waals surface area (Å²) in [5.41, 5.74) is 1.16. The number of piperazine rings is 1. The molecule has 2 aliphatic rings. The van der Waals surface area contributed by atoms with Gasteiger partial charge in [0.15, 0.2) is 0 Å². The molecule has 0 unspecified atom stereocenters. The maximum absolute atomic E-state index is 11.2. The van der Waals surface area contributed by atoms with Crippen LogP contribution in [0.3, 0.4) is 0 Å². The highest BCUT2D eigenvalue weighted by molar-refractivity contribution is 5.74. The minimum atomic E-state index is -0.376. The van der Waals surface area contributed by atoms with Gasteiger partial charge in [-0.15, -0.1) is 0 Å². The van der Waals surface area contributed by atoms with Crippen molar-refractivity contribution >= 4 is 17.3 Å². The van der Waals surface area contributed by atoms with Crippen molar-refractivity contribution < 1.29 is 9.72 Å². The third-order valence-corrected chi connectivity index (χ3v) is 4.56. The molecule has 2 heterocycles. The van der Waals surface area contributed by atoms with Crippen molar-refractivity contribution in [3.63, 3.8) is 0 Å². The Hall–Kier alpha value is -2.15. The van der Waals surface area contributed by atoms with Gasteiger partial charge in [-0.25, -0.2) is 0 Å². The summed E-state index contributed by atoms with van der Waals surface area (Å²) in [6.07, 6.45) is 0. The molecule has 0 saturated carbocycles. The fourth-order valence-corrected chi connectivity index (χ4v) is 3.07. The van der Waals surface area contributed by atoms with E-state index in [0.29, 0.717) is 6.04 Å². The molecule has 0 spiro atoms. The van der Waals surface area contributed by atoms with Gasteiger partial charge in [-0.1, -0.05) is 0 Å². The second-order valence-electron chi connectivity index (χ2n) is 5.87. The number of amides is 1. The predicted molar refractivity (Wildman–Crippen MR) is 82.9 cm³/mol. The van der Waals surface area contributed by atoms with Crippen molar-refractivity contribution in [2.75, 3.05) is 44.2 Å². The number of hydrogen-bond acceptors (Lipinski definition) is 5. The number of carbonyl (C=O) groups is 1. The summed E-state index contributed by atoms with van der Waals surface area (Å²) < 4.78 is 0. The Labute approximate surface area is 129 Å². The molecule has 0 radical (unpaired) electrons. The average Bonchev–Trinajstić information content (AvgIpc) is 2.46. The number of non-ortho nitro benzene ring substituents is 1. The average molecular weight is 304 g/mol. The zero-order chi connectivity index (χ0) is 15.7. The molecule has 2 aliphatic heterocycles. The van der Waals surface area contributed by atoms with Gasteiger partial charge in [-0.05, 0) is 12.1 Å². The second kappa shape index (κ2) is 5.92. The Bertz CT molecular complexity index is 561. The van der Waals surface area contributed by atoms with Crippen molar-refractivity contribution in [3.8, 4) is 0 Å². The molecule has 7 heteroatoms. The van der Waals surface area contributed by atoms with E-state index in [1.54, 1.807) is 19.1 Å². The molecule has 118 valence electrons. The number of nitro groups is 1. The molecule has 2 fully saturated rings. The van der Waals surface area contributed by atoms with E-state index in [-0.39, 0.29) is 16.5 Å². The summed E-state index contributed by atoms with van der Waals surface area (Å²) in [5, 5.41) is 10.7. The summed E-state index contributed by atoms with van der Waals surface area (Å²) in [7, 11) is 0. The van der Waals surface area contributed by atoms with E-state index in [1.165, 1.54) is 0 Å². The van der Waals surface area contributed by atoms with Crippen LogP contribution < -0.4 is 4.90 Å². The summed E-state index contributed by atoms with van der Waals surface area (Å²) in [6, 6.07) is 7.22. The fourth-order valence-electron chi connectivity index (χ4n) is 3.07. The maximum Gasteiger partial charge on any atom is 0.269 e. The van der Waals surface area contributed by atoms with E-state index in [9.17, 15) is 14.9 Å². The Balaban J connectivity index is 1.51. The van der Waals surface area contributed by atoms with Gasteiger partial charge < -0.3 is 9.80 Å². The van der Waals surface area contributed by atoms with Crippen molar-refractivity contribution in [1.29, 1.82) is 0 Å². The summed E-state index contributed by atoms with van der Waals surface area (Å²) in [6.45, 7) is 7.05. The lowest BCUT2D eigenvalue weighted by molar-refractivity contribution is -0.384. The van der Waals surface area contributed by atoms with E-state index in [0.717, 1.165) is 45.0 Å². The van der Waals surface area contributed by atoms with Crippen LogP contribution in [0.2, 0.25) is 0 Å². The van der Waals surface area contributed by atoms with Gasteiger partial charge in [0.2, 0.25) is 5.91 Å². The van der Waals surface area contributed by atoms with Crippen LogP contribution in [0.25, 0.3) is 0 Å². The predicted octanol–water partition coefficient (Wildman–Crippen LogP) is 0.948. The van der Waals surface area contributed by atoms with E-state index < -0.39 is 0 Å². The quantitative estimate of drug-likeness (QED) is 0.614. The van der Waals surface area contributed by atoms with E-state index in [4.69, 9.17) is 0 Å². The second-order valence-corrected chi connectivity index (χ2v) is 5.87. The van der Waals surface area contributed by atoms with E-state index in [1.807, 2.05) is 17.0 Å². The van der Waals surface area contributed by atoms with Gasteiger partial charge >= 0.3 is 0 Å². The van der Waals surface area contributed by atoms with Crippen molar-refractivity contribution in [1.82, 2.24) is 9.80 Å². The molecule has 1 amide bonds. The normalized spacial score (nSPS) is 19.9. The van der Waals surface area contributed by atoms with E-state index >= 15 is 0 Å². The number of nitrogens with zero attached hydrogens (tertiary/aromatic N) is 4. The largest absolute Gasteiger partial charge is 0.369 e. The summed E-state index contributed by atoms with van der Waals surface area (Å²) in [5.74, 6) is 0.153. The number of nitro benzene ring substituents is 1. The highest BCUT2D eigenvalue weighted by Gasteiger charge is 2.34. The molecule has 1 aromatic rings. The molecule has 0 N–H and O–H groups in total. The lowest BCUT2D eigenvalue weighted by Crippen LogP contribution is -2.63. The molecule has 0 aliphatic carbocycles. The smallest absolute Gasteiger partial charge is 0.269 e. The lowest BCUT2D eigenvalue weighted by atomic mass is 10.1. The Kier molecular flexibility index (Phi) is 3.98. The van der Waals surface area contributed by atoms with Crippen LogP contribution in [0.5, 0.6) is 0 Å². The van der Waals surface area contributed by atoms with Gasteiger partial charge in [0, 0.05) is 70.1 Å². The molecular weight excluding hydrogens is 284 g/mol. The molecule has 22 heavy (non-hydrogen) atoms. The van der Waals surface area contributed by atoms with Crippen LogP contribution >= 0.6 is 0 Å². The van der Waals surface area contributed by atoms with Gasteiger partial charge in [0.1, 0.15) is 0 Å². The number of anilines is 1. The lowest BCUT2D eigenvalue weighted by Gasteiger charge is -2.48. The van der Waals surface area contributed by atoms with Crippen LogP contribution in [-0.4, -0.2) is 65.9 Å². The van der Waals surface area contributed by atoms with Gasteiger partial charge in [0.25, 0.3) is 5.69 Å². The molecule has 0 atom stereocenters. The molecule has 7 nitrogen and oxygen atoms in total. The number of hydrogen-bond donors (Lipinski definition) is 0. The maximum atomic E-state index is 11.2. The fraction of sp³-hybridized carbons (Fsp3) is 0.533. The SMILES string of the molecule is CC(=O)N1CC(N2CCN(c3ccc([N+](=O)[O-])cc3)CC2)C1. The number of likely N-dealkylation sites (tertiary alicyclic amines) is 1. The van der Waals surface area contributed by atoms with Crippen molar-refractivity contribution in [3.05, 3.63) is 34.4 Å². The van der Waals surface area contributed by atoms with Gasteiger partial charge in [0.05, 0.1) is 4.92 Å². The standard InChI is InChI=1S/C15H20N4O3/c1-12(20)18-10-15(11-18)17-8-6-16(7-9-17)13-2-4-14(5-3-13)19(21)22/h2-5,15H,6-11H2,1H3. The molecular formula is C15H20N4O3. The molecule has 0 bridgehead atoms. The highest BCUT2D eigenvalue weighted by atomic mass is 16.6. The van der Waals surface area contributed by atoms with Gasteiger partial charge in [-0.3, -0.25) is 19.8 Å². The van der Waals surface area contributed by atoms with Crippen LogP contribution in [0.1, 0.15) is 6.92 Å². The first kappa shape index (κ1) is 14.8. The Morgan fingerprint density at radius 3 is 2.23 bits per heavy atom. The molecule has 0 aromatic heterocycles. The summed E-state index contributed by atoms with van der Waals surface area (Å²) >= 11 is 0.